The zero-order valence-electron chi connectivity index (χ0n) is 21.8. The number of carbonyl (C=O) groups excluding carboxylic acids is 2. The third-order valence-corrected chi connectivity index (χ3v) is 8.16. The summed E-state index contributed by atoms with van der Waals surface area (Å²) < 4.78 is 34.4. The van der Waals surface area contributed by atoms with E-state index in [2.05, 4.69) is 20.6 Å². The molecular weight excluding hydrogens is 560 g/mol. The number of thiazole rings is 1. The van der Waals surface area contributed by atoms with E-state index in [0.717, 1.165) is 16.9 Å². The minimum Gasteiger partial charge on any atom is -0.485 e. The van der Waals surface area contributed by atoms with Gasteiger partial charge in [0.05, 0.1) is 30.3 Å². The number of nitrogens with two attached hydrogens (primary N) is 1. The molecule has 0 unspecified atom stereocenters. The first kappa shape index (κ1) is 27.5. The van der Waals surface area contributed by atoms with Crippen LogP contribution in [0.4, 0.5) is 22.7 Å². The summed E-state index contributed by atoms with van der Waals surface area (Å²) in [5.74, 6) is 1.02. The summed E-state index contributed by atoms with van der Waals surface area (Å²) in [6.07, 6.45) is 0. The van der Waals surface area contributed by atoms with Crippen molar-refractivity contribution in [1.29, 1.82) is 0 Å². The van der Waals surface area contributed by atoms with Crippen molar-refractivity contribution < 1.29 is 27.5 Å². The van der Waals surface area contributed by atoms with Crippen LogP contribution in [0.5, 0.6) is 5.75 Å². The minimum atomic E-state index is -3.80. The molecule has 0 spiro atoms. The summed E-state index contributed by atoms with van der Waals surface area (Å²) in [6, 6.07) is 6.31. The molecule has 212 valence electrons. The number of benzene rings is 1. The number of primary sulfonamides is 1. The molecule has 2 aromatic heterocycles. The highest BCUT2D eigenvalue weighted by Crippen LogP contribution is 2.40. The number of sulfonamides is 1. The van der Waals surface area contributed by atoms with Crippen LogP contribution in [0.25, 0.3) is 0 Å². The maximum Gasteiger partial charge on any atom is 0.350 e. The molecule has 3 aromatic rings. The highest BCUT2D eigenvalue weighted by Gasteiger charge is 2.30. The number of anilines is 4. The average molecular weight is 589 g/mol. The van der Waals surface area contributed by atoms with Crippen LogP contribution >= 0.6 is 11.3 Å². The van der Waals surface area contributed by atoms with E-state index in [-0.39, 0.29) is 29.9 Å². The van der Waals surface area contributed by atoms with Crippen LogP contribution in [0.2, 0.25) is 0 Å². The molecule has 1 aromatic carbocycles. The summed E-state index contributed by atoms with van der Waals surface area (Å²) in [7, 11) is -3.80. The second-order valence-electron chi connectivity index (χ2n) is 9.03. The molecule has 1 fully saturated rings. The van der Waals surface area contributed by atoms with Gasteiger partial charge in [0.1, 0.15) is 11.5 Å². The van der Waals surface area contributed by atoms with E-state index in [4.69, 9.17) is 19.6 Å². The molecule has 0 aliphatic carbocycles. The Kier molecular flexibility index (Phi) is 7.73. The predicted molar refractivity (Wildman–Crippen MR) is 148 cm³/mol. The predicted octanol–water partition coefficient (Wildman–Crippen LogP) is 1.14. The molecule has 16 heteroatoms. The molecule has 1 amide bonds. The van der Waals surface area contributed by atoms with E-state index in [1.54, 1.807) is 26.0 Å². The monoisotopic (exact) mass is 588 g/mol. The summed E-state index contributed by atoms with van der Waals surface area (Å²) in [6.45, 7) is 6.05. The summed E-state index contributed by atoms with van der Waals surface area (Å²) in [5.41, 5.74) is 1.35. The van der Waals surface area contributed by atoms with Crippen molar-refractivity contribution in [3.8, 4) is 5.75 Å². The second kappa shape index (κ2) is 11.2. The van der Waals surface area contributed by atoms with Gasteiger partial charge in [-0.1, -0.05) is 23.5 Å². The Morgan fingerprint density at radius 3 is 2.65 bits per heavy atom. The third kappa shape index (κ3) is 5.93. The first-order chi connectivity index (χ1) is 19.1. The Labute approximate surface area is 234 Å². The van der Waals surface area contributed by atoms with Crippen molar-refractivity contribution >= 4 is 56.0 Å². The Bertz CT molecular complexity index is 1540. The smallest absolute Gasteiger partial charge is 0.350 e. The lowest BCUT2D eigenvalue weighted by molar-refractivity contribution is -0.120. The first-order valence-electron chi connectivity index (χ1n) is 12.5. The highest BCUT2D eigenvalue weighted by atomic mass is 32.2. The standard InChI is InChI=1S/C24H28N8O6S2/c1-3-37-22(34)19-14(2)27-24(39-19)30-23-28-20(31-9-8-26-17(33)13-31)18-21(29-23)32(10-11-38-18)12-15-4-6-16(7-5-15)40(25,35)36/h4-7H,3,8-13H2,1-2H3,(H,26,33)(H2,25,35,36)(H,27,28,29,30). The molecule has 14 nitrogen and oxygen atoms in total. The molecule has 0 atom stereocenters. The molecule has 0 bridgehead atoms. The number of aromatic nitrogens is 3. The summed E-state index contributed by atoms with van der Waals surface area (Å²) >= 11 is 1.13. The third-order valence-electron chi connectivity index (χ3n) is 6.18. The molecule has 2 aliphatic heterocycles. The van der Waals surface area contributed by atoms with Gasteiger partial charge in [0.25, 0.3) is 0 Å². The van der Waals surface area contributed by atoms with Crippen LogP contribution in [-0.2, 0) is 26.1 Å². The molecule has 0 radical (unpaired) electrons. The van der Waals surface area contributed by atoms with Crippen LogP contribution in [0.1, 0.15) is 27.9 Å². The van der Waals surface area contributed by atoms with Gasteiger partial charge in [0, 0.05) is 19.6 Å². The summed E-state index contributed by atoms with van der Waals surface area (Å²) in [5, 5.41) is 11.5. The molecule has 2 aliphatic rings. The van der Waals surface area contributed by atoms with Gasteiger partial charge in [0.2, 0.25) is 27.6 Å². The lowest BCUT2D eigenvalue weighted by Gasteiger charge is -2.35. The molecule has 5 rings (SSSR count). The lowest BCUT2D eigenvalue weighted by Crippen LogP contribution is -2.48. The number of piperazine rings is 1. The second-order valence-corrected chi connectivity index (χ2v) is 11.6. The van der Waals surface area contributed by atoms with Crippen molar-refractivity contribution in [2.45, 2.75) is 25.3 Å². The number of rotatable bonds is 8. The maximum absolute atomic E-state index is 12.3. The zero-order chi connectivity index (χ0) is 28.4. The van der Waals surface area contributed by atoms with E-state index < -0.39 is 16.0 Å². The van der Waals surface area contributed by atoms with Crippen molar-refractivity contribution in [2.24, 2.45) is 5.14 Å². The molecule has 4 N–H and O–H groups in total. The van der Waals surface area contributed by atoms with Gasteiger partial charge in [-0.15, -0.1) is 0 Å². The fraction of sp³-hybridized carbons (Fsp3) is 0.375. The van der Waals surface area contributed by atoms with E-state index in [1.807, 2.05) is 9.80 Å². The highest BCUT2D eigenvalue weighted by molar-refractivity contribution is 7.89. The summed E-state index contributed by atoms with van der Waals surface area (Å²) in [4.78, 5) is 42.5. The number of esters is 1. The fourth-order valence-corrected chi connectivity index (χ4v) is 5.68. The number of nitrogens with one attached hydrogen (secondary N) is 2. The SMILES string of the molecule is CCOC(=O)c1sc(Nc2nc(N3CCNC(=O)C3)c3c(n2)N(Cc2ccc(S(N)(=O)=O)cc2)CCO3)nc1C. The Morgan fingerprint density at radius 2 is 1.95 bits per heavy atom. The van der Waals surface area contributed by atoms with E-state index in [0.29, 0.717) is 65.9 Å². The molecule has 4 heterocycles. The van der Waals surface area contributed by atoms with Crippen molar-refractivity contribution in [2.75, 3.05) is 54.5 Å². The molecule has 1 saturated heterocycles. The number of amides is 1. The number of hydrogen-bond donors (Lipinski definition) is 3. The number of nitrogens with zero attached hydrogens (tertiary/aromatic N) is 5. The Hall–Kier alpha value is -4.02. The van der Waals surface area contributed by atoms with Crippen LogP contribution < -0.4 is 30.3 Å². The van der Waals surface area contributed by atoms with Crippen LogP contribution in [-0.4, -0.2) is 74.6 Å². The largest absolute Gasteiger partial charge is 0.485 e. The van der Waals surface area contributed by atoms with Gasteiger partial charge in [-0.25, -0.2) is 23.3 Å². The number of fused-ring (bicyclic) bond motifs is 1. The van der Waals surface area contributed by atoms with Crippen LogP contribution in [0, 0.1) is 6.92 Å². The van der Waals surface area contributed by atoms with Crippen molar-refractivity contribution in [1.82, 2.24) is 20.3 Å². The zero-order valence-corrected chi connectivity index (χ0v) is 23.5. The molecular formula is C24H28N8O6S2. The van der Waals surface area contributed by atoms with Crippen molar-refractivity contribution in [3.63, 3.8) is 0 Å². The number of ether oxygens (including phenoxy) is 2. The normalized spacial score (nSPS) is 15.2. The number of carbonyl (C=O) groups is 2. The van der Waals surface area contributed by atoms with Crippen LogP contribution in [0.15, 0.2) is 29.2 Å². The van der Waals surface area contributed by atoms with Crippen LogP contribution in [0.3, 0.4) is 0 Å². The van der Waals surface area contributed by atoms with Gasteiger partial charge < -0.3 is 24.6 Å². The van der Waals surface area contributed by atoms with Gasteiger partial charge >= 0.3 is 5.97 Å². The van der Waals surface area contributed by atoms with Gasteiger partial charge in [-0.2, -0.15) is 9.97 Å². The van der Waals surface area contributed by atoms with Gasteiger partial charge in [0.15, 0.2) is 16.8 Å². The Morgan fingerprint density at radius 1 is 1.20 bits per heavy atom. The maximum atomic E-state index is 12.3. The van der Waals surface area contributed by atoms with E-state index in [9.17, 15) is 18.0 Å². The average Bonchev–Trinajstić information content (AvgIpc) is 3.28. The minimum absolute atomic E-state index is 0.0269. The molecule has 0 saturated carbocycles. The molecule has 40 heavy (non-hydrogen) atoms. The van der Waals surface area contributed by atoms with E-state index >= 15 is 0 Å². The van der Waals surface area contributed by atoms with Crippen molar-refractivity contribution in [3.05, 3.63) is 40.4 Å². The quantitative estimate of drug-likeness (QED) is 0.320. The first-order valence-corrected chi connectivity index (χ1v) is 14.8. The number of aryl methyl sites for hydroxylation is 1. The number of hydrogen-bond acceptors (Lipinski definition) is 13. The fourth-order valence-electron chi connectivity index (χ4n) is 4.31. The lowest BCUT2D eigenvalue weighted by atomic mass is 10.2. The van der Waals surface area contributed by atoms with Gasteiger partial charge in [-0.05, 0) is 31.5 Å². The topological polar surface area (TPSA) is 182 Å². The van der Waals surface area contributed by atoms with E-state index in [1.165, 1.54) is 12.1 Å². The Balaban J connectivity index is 1.50. The van der Waals surface area contributed by atoms with Gasteiger partial charge in [-0.3, -0.25) is 10.1 Å².